The van der Waals surface area contributed by atoms with E-state index in [1.807, 2.05) is 17.9 Å². The van der Waals surface area contributed by atoms with Gasteiger partial charge in [-0.2, -0.15) is 0 Å². The molecule has 8 heteroatoms. The smallest absolute Gasteiger partial charge is 0.318 e. The van der Waals surface area contributed by atoms with Crippen molar-refractivity contribution in [3.05, 3.63) is 48.2 Å². The fraction of sp³-hybridized carbons (Fsp3) is 0.389. The number of ether oxygens (including phenoxy) is 1. The number of methoxy groups -OCH3 is 1. The first-order chi connectivity index (χ1) is 12.6. The van der Waals surface area contributed by atoms with Gasteiger partial charge in [0, 0.05) is 50.2 Å². The predicted molar refractivity (Wildman–Crippen MR) is 95.6 cm³/mol. The van der Waals surface area contributed by atoms with Gasteiger partial charge >= 0.3 is 6.03 Å². The van der Waals surface area contributed by atoms with Gasteiger partial charge in [-0.1, -0.05) is 6.07 Å². The molecule has 0 saturated carbocycles. The Hall–Kier alpha value is -2.90. The normalized spacial score (nSPS) is 17.1. The van der Waals surface area contributed by atoms with Gasteiger partial charge < -0.3 is 19.9 Å². The number of rotatable bonds is 4. The van der Waals surface area contributed by atoms with E-state index in [2.05, 4.69) is 15.3 Å². The van der Waals surface area contributed by atoms with Crippen molar-refractivity contribution in [2.24, 2.45) is 0 Å². The summed E-state index contributed by atoms with van der Waals surface area (Å²) in [5.74, 6) is 0.153. The van der Waals surface area contributed by atoms with Crippen LogP contribution in [0, 0.1) is 5.82 Å². The van der Waals surface area contributed by atoms with Gasteiger partial charge in [0.05, 0.1) is 19.0 Å². The summed E-state index contributed by atoms with van der Waals surface area (Å²) in [7, 11) is 1.55. The van der Waals surface area contributed by atoms with Crippen LogP contribution < -0.4 is 15.0 Å². The lowest BCUT2D eigenvalue weighted by Crippen LogP contribution is -2.56. The van der Waals surface area contributed by atoms with E-state index in [4.69, 9.17) is 4.74 Å². The quantitative estimate of drug-likeness (QED) is 0.905. The number of nitrogens with zero attached hydrogens (tertiary/aromatic N) is 4. The number of piperazine rings is 1. The second-order valence-corrected chi connectivity index (χ2v) is 6.15. The number of nitrogens with one attached hydrogen (secondary N) is 1. The number of anilines is 1. The second kappa shape index (κ2) is 7.99. The minimum absolute atomic E-state index is 0.0490. The largest absolute Gasteiger partial charge is 0.481 e. The highest BCUT2D eigenvalue weighted by Gasteiger charge is 2.28. The molecule has 26 heavy (non-hydrogen) atoms. The predicted octanol–water partition coefficient (Wildman–Crippen LogP) is 2.04. The molecule has 0 spiro atoms. The Balaban J connectivity index is 1.59. The minimum atomic E-state index is -0.346. The van der Waals surface area contributed by atoms with Gasteiger partial charge in [0.1, 0.15) is 0 Å². The molecular formula is C18H22FN5O2. The van der Waals surface area contributed by atoms with Gasteiger partial charge in [-0.05, 0) is 19.1 Å². The third kappa shape index (κ3) is 3.84. The maximum absolute atomic E-state index is 13.9. The van der Waals surface area contributed by atoms with Crippen molar-refractivity contribution in [3.63, 3.8) is 0 Å². The molecule has 0 aromatic carbocycles. The van der Waals surface area contributed by atoms with E-state index >= 15 is 0 Å². The molecule has 0 radical (unpaired) electrons. The molecule has 0 bridgehead atoms. The van der Waals surface area contributed by atoms with Crippen LogP contribution >= 0.6 is 0 Å². The molecule has 3 rings (SSSR count). The summed E-state index contributed by atoms with van der Waals surface area (Å²) in [5.41, 5.74) is 1.33. The summed E-state index contributed by atoms with van der Waals surface area (Å²) in [5, 5.41) is 2.90. The maximum atomic E-state index is 13.9. The van der Waals surface area contributed by atoms with Gasteiger partial charge in [0.2, 0.25) is 5.88 Å². The lowest BCUT2D eigenvalue weighted by atomic mass is 10.2. The average molecular weight is 359 g/mol. The average Bonchev–Trinajstić information content (AvgIpc) is 2.66. The summed E-state index contributed by atoms with van der Waals surface area (Å²) >= 11 is 0. The molecule has 7 nitrogen and oxygen atoms in total. The molecule has 1 N–H and O–H groups in total. The Kier molecular flexibility index (Phi) is 5.50. The fourth-order valence-corrected chi connectivity index (χ4v) is 3.12. The molecule has 1 saturated heterocycles. The Morgan fingerprint density at radius 2 is 2.23 bits per heavy atom. The van der Waals surface area contributed by atoms with E-state index in [1.54, 1.807) is 36.5 Å². The highest BCUT2D eigenvalue weighted by Crippen LogP contribution is 2.21. The molecule has 2 amide bonds. The first-order valence-corrected chi connectivity index (χ1v) is 8.47. The zero-order chi connectivity index (χ0) is 18.5. The molecule has 1 aliphatic rings. The molecule has 2 aromatic rings. The van der Waals surface area contributed by atoms with Gasteiger partial charge in [0.15, 0.2) is 5.82 Å². The van der Waals surface area contributed by atoms with Gasteiger partial charge in [0.25, 0.3) is 0 Å². The number of aromatic nitrogens is 2. The summed E-state index contributed by atoms with van der Waals surface area (Å²) < 4.78 is 19.1. The van der Waals surface area contributed by atoms with E-state index < -0.39 is 0 Å². The van der Waals surface area contributed by atoms with Gasteiger partial charge in [-0.3, -0.25) is 4.98 Å². The fourth-order valence-electron chi connectivity index (χ4n) is 3.12. The maximum Gasteiger partial charge on any atom is 0.318 e. The lowest BCUT2D eigenvalue weighted by Gasteiger charge is -2.40. The van der Waals surface area contributed by atoms with Crippen LogP contribution in [-0.2, 0) is 6.54 Å². The number of halogens is 1. The third-order valence-corrected chi connectivity index (χ3v) is 4.45. The topological polar surface area (TPSA) is 70.6 Å². The van der Waals surface area contributed by atoms with Crippen LogP contribution in [0.25, 0.3) is 0 Å². The van der Waals surface area contributed by atoms with Crippen LogP contribution in [0.15, 0.2) is 36.8 Å². The monoisotopic (exact) mass is 359 g/mol. The molecule has 1 atom stereocenters. The van der Waals surface area contributed by atoms with Crippen molar-refractivity contribution in [1.82, 2.24) is 20.2 Å². The van der Waals surface area contributed by atoms with E-state index in [0.717, 1.165) is 5.56 Å². The molecule has 1 aliphatic heterocycles. The summed E-state index contributed by atoms with van der Waals surface area (Å²) in [4.78, 5) is 24.1. The SMILES string of the molecule is COc1ncccc1CNC(=O)N1CCN(c2ccncc2F)C[C@H]1C. The Labute approximate surface area is 151 Å². The van der Waals surface area contributed by atoms with Crippen LogP contribution in [0.3, 0.4) is 0 Å². The van der Waals surface area contributed by atoms with Crippen LogP contribution in [0.4, 0.5) is 14.9 Å². The van der Waals surface area contributed by atoms with E-state index in [9.17, 15) is 9.18 Å². The second-order valence-electron chi connectivity index (χ2n) is 6.15. The number of urea groups is 1. The number of carbonyl (C=O) groups is 1. The summed E-state index contributed by atoms with van der Waals surface area (Å²) in [6, 6.07) is 5.12. The van der Waals surface area contributed by atoms with Crippen LogP contribution in [0.2, 0.25) is 0 Å². The summed E-state index contributed by atoms with van der Waals surface area (Å²) in [6.07, 6.45) is 4.42. The molecule has 1 fully saturated rings. The zero-order valence-electron chi connectivity index (χ0n) is 14.9. The van der Waals surface area contributed by atoms with Crippen molar-refractivity contribution in [1.29, 1.82) is 0 Å². The molecular weight excluding hydrogens is 337 g/mol. The van der Waals surface area contributed by atoms with Gasteiger partial charge in [-0.15, -0.1) is 0 Å². The van der Waals surface area contributed by atoms with Crippen LogP contribution in [-0.4, -0.2) is 53.7 Å². The molecule has 138 valence electrons. The zero-order valence-corrected chi connectivity index (χ0v) is 14.9. The van der Waals surface area contributed by atoms with Crippen molar-refractivity contribution in [3.8, 4) is 5.88 Å². The van der Waals surface area contributed by atoms with Crippen LogP contribution in [0.5, 0.6) is 5.88 Å². The lowest BCUT2D eigenvalue weighted by molar-refractivity contribution is 0.171. The number of hydrogen-bond acceptors (Lipinski definition) is 5. The van der Waals surface area contributed by atoms with Crippen molar-refractivity contribution in [2.45, 2.75) is 19.5 Å². The third-order valence-electron chi connectivity index (χ3n) is 4.45. The minimum Gasteiger partial charge on any atom is -0.481 e. The van der Waals surface area contributed by atoms with E-state index in [-0.39, 0.29) is 17.9 Å². The van der Waals surface area contributed by atoms with Crippen molar-refractivity contribution < 1.29 is 13.9 Å². The van der Waals surface area contributed by atoms with E-state index in [1.165, 1.54) is 6.20 Å². The number of carbonyl (C=O) groups excluding carboxylic acids is 1. The van der Waals surface area contributed by atoms with Crippen molar-refractivity contribution >= 4 is 11.7 Å². The highest BCUT2D eigenvalue weighted by atomic mass is 19.1. The Bertz CT molecular complexity index is 773. The highest BCUT2D eigenvalue weighted by molar-refractivity contribution is 5.75. The Morgan fingerprint density at radius 1 is 1.38 bits per heavy atom. The van der Waals surface area contributed by atoms with Crippen molar-refractivity contribution in [2.75, 3.05) is 31.6 Å². The molecule has 0 unspecified atom stereocenters. The molecule has 3 heterocycles. The van der Waals surface area contributed by atoms with Crippen LogP contribution in [0.1, 0.15) is 12.5 Å². The number of pyridine rings is 2. The number of amides is 2. The van der Waals surface area contributed by atoms with E-state index in [0.29, 0.717) is 37.7 Å². The summed E-state index contributed by atoms with van der Waals surface area (Å²) in [6.45, 7) is 3.93. The number of hydrogen-bond donors (Lipinski definition) is 1. The molecule has 0 aliphatic carbocycles. The standard InChI is InChI=1S/C18H22FN5O2/c1-13-12-23(16-5-7-20-11-15(16)19)8-9-24(13)18(25)22-10-14-4-3-6-21-17(14)26-2/h3-7,11,13H,8-10,12H2,1-2H3,(H,22,25)/t13-/m1/s1. The van der Waals surface area contributed by atoms with Gasteiger partial charge in [-0.25, -0.2) is 14.2 Å². The first-order valence-electron chi connectivity index (χ1n) is 8.47. The first kappa shape index (κ1) is 17.9. The molecule has 2 aromatic heterocycles. The Morgan fingerprint density at radius 3 is 2.96 bits per heavy atom.